The van der Waals surface area contributed by atoms with E-state index >= 15 is 0 Å². The van der Waals surface area contributed by atoms with E-state index in [1.807, 2.05) is 6.20 Å². The van der Waals surface area contributed by atoms with Gasteiger partial charge in [0.25, 0.3) is 0 Å². The summed E-state index contributed by atoms with van der Waals surface area (Å²) in [6, 6.07) is 4.31. The lowest BCUT2D eigenvalue weighted by Gasteiger charge is -2.59. The van der Waals surface area contributed by atoms with E-state index in [-0.39, 0.29) is 10.8 Å². The number of hydrogen-bond acceptors (Lipinski definition) is 2. The van der Waals surface area contributed by atoms with Crippen LogP contribution in [0.3, 0.4) is 0 Å². The van der Waals surface area contributed by atoms with Crippen molar-refractivity contribution in [2.75, 3.05) is 0 Å². The molecule has 2 fully saturated rings. The number of carbonyl (C=O) groups excluding carboxylic acids is 1. The molecular weight excluding hydrogens is 342 g/mol. The van der Waals surface area contributed by atoms with E-state index in [0.29, 0.717) is 11.7 Å². The molecule has 5 rings (SSSR count). The summed E-state index contributed by atoms with van der Waals surface area (Å²) in [5.41, 5.74) is 4.86. The summed E-state index contributed by atoms with van der Waals surface area (Å²) < 4.78 is 0. The number of aromatic nitrogens is 1. The lowest BCUT2D eigenvalue weighted by molar-refractivity contribution is -0.122. The van der Waals surface area contributed by atoms with E-state index in [1.54, 1.807) is 0 Å². The largest absolute Gasteiger partial charge is 0.299 e. The summed E-state index contributed by atoms with van der Waals surface area (Å²) in [7, 11) is 0. The molecule has 6 atom stereocenters. The highest BCUT2D eigenvalue weighted by Gasteiger charge is 2.58. The van der Waals surface area contributed by atoms with Gasteiger partial charge >= 0.3 is 0 Å². The van der Waals surface area contributed by atoms with Crippen LogP contribution in [0.4, 0.5) is 0 Å². The third-order valence-corrected chi connectivity index (χ3v) is 9.13. The highest BCUT2D eigenvalue weighted by molar-refractivity contribution is 5.82. The number of allylic oxidation sites excluding steroid dienone is 4. The first-order chi connectivity index (χ1) is 13.5. The average Bonchev–Trinajstić information content (AvgIpc) is 3.06. The average molecular weight is 376 g/mol. The minimum Gasteiger partial charge on any atom is -0.299 e. The molecule has 148 valence electrons. The summed E-state index contributed by atoms with van der Waals surface area (Å²) >= 11 is 0. The Morgan fingerprint density at radius 2 is 2.04 bits per heavy atom. The predicted octanol–water partition coefficient (Wildman–Crippen LogP) is 6.24. The first kappa shape index (κ1) is 18.3. The van der Waals surface area contributed by atoms with Crippen molar-refractivity contribution < 1.29 is 4.79 Å². The van der Waals surface area contributed by atoms with Crippen molar-refractivity contribution in [3.8, 4) is 0 Å². The quantitative estimate of drug-likeness (QED) is 0.572. The standard InChI is InChI=1S/C26H33NO/c1-4-17-14-19-15-20(28)9-11-25(19,2)23-10-12-26(3)21(7-8-22(26)24(17)23)18-6-5-13-27-16-18/h5-7,13-14,16-17,22-24H,4,8-12,15H2,1-3H3/t17?,22-,23-,24-,25-,26+/m0/s1. The molecule has 2 heteroatoms. The molecule has 0 saturated heterocycles. The third-order valence-electron chi connectivity index (χ3n) is 9.13. The van der Waals surface area contributed by atoms with Crippen molar-refractivity contribution in [1.82, 2.24) is 4.98 Å². The Kier molecular flexibility index (Phi) is 4.19. The van der Waals surface area contributed by atoms with Crippen molar-refractivity contribution in [3.05, 3.63) is 47.8 Å². The fourth-order valence-electron chi connectivity index (χ4n) is 7.57. The summed E-state index contributed by atoms with van der Waals surface area (Å²) in [4.78, 5) is 16.6. The van der Waals surface area contributed by atoms with Gasteiger partial charge in [-0.25, -0.2) is 0 Å². The van der Waals surface area contributed by atoms with Crippen LogP contribution >= 0.6 is 0 Å². The monoisotopic (exact) mass is 375 g/mol. The van der Waals surface area contributed by atoms with Gasteiger partial charge in [-0.3, -0.25) is 9.78 Å². The van der Waals surface area contributed by atoms with Crippen molar-refractivity contribution in [3.63, 3.8) is 0 Å². The van der Waals surface area contributed by atoms with Crippen LogP contribution in [-0.4, -0.2) is 10.8 Å². The smallest absolute Gasteiger partial charge is 0.136 e. The molecule has 4 aliphatic carbocycles. The van der Waals surface area contributed by atoms with Gasteiger partial charge in [0.15, 0.2) is 0 Å². The fraction of sp³-hybridized carbons (Fsp3) is 0.615. The van der Waals surface area contributed by atoms with Gasteiger partial charge in [-0.15, -0.1) is 0 Å². The van der Waals surface area contributed by atoms with Gasteiger partial charge in [0.05, 0.1) is 0 Å². The van der Waals surface area contributed by atoms with E-state index in [1.165, 1.54) is 42.4 Å². The van der Waals surface area contributed by atoms with Crippen LogP contribution in [0.25, 0.3) is 5.57 Å². The van der Waals surface area contributed by atoms with E-state index < -0.39 is 0 Å². The van der Waals surface area contributed by atoms with Crippen molar-refractivity contribution in [2.45, 2.75) is 65.7 Å². The molecule has 1 heterocycles. The van der Waals surface area contributed by atoms with E-state index in [4.69, 9.17) is 0 Å². The second-order valence-corrected chi connectivity index (χ2v) is 10.2. The van der Waals surface area contributed by atoms with Gasteiger partial charge in [0.1, 0.15) is 5.78 Å². The normalized spacial score (nSPS) is 42.2. The number of hydrogen-bond donors (Lipinski definition) is 0. The van der Waals surface area contributed by atoms with Crippen LogP contribution in [-0.2, 0) is 4.79 Å². The topological polar surface area (TPSA) is 30.0 Å². The molecule has 1 aromatic rings. The number of nitrogens with zero attached hydrogens (tertiary/aromatic N) is 1. The first-order valence-electron chi connectivity index (χ1n) is 11.3. The van der Waals surface area contributed by atoms with Gasteiger partial charge in [-0.1, -0.05) is 44.6 Å². The van der Waals surface area contributed by atoms with Crippen LogP contribution in [0.15, 0.2) is 42.3 Å². The zero-order valence-electron chi connectivity index (χ0n) is 17.6. The summed E-state index contributed by atoms with van der Waals surface area (Å²) in [5.74, 6) is 3.30. The molecular formula is C26H33NO. The maximum atomic E-state index is 12.2. The molecule has 0 aromatic carbocycles. The Morgan fingerprint density at radius 1 is 1.18 bits per heavy atom. The number of rotatable bonds is 2. The van der Waals surface area contributed by atoms with Gasteiger partial charge in [-0.05, 0) is 83.8 Å². The Morgan fingerprint density at radius 3 is 2.79 bits per heavy atom. The molecule has 4 aliphatic rings. The van der Waals surface area contributed by atoms with Crippen LogP contribution in [0.1, 0.15) is 71.3 Å². The zero-order valence-corrected chi connectivity index (χ0v) is 17.6. The van der Waals surface area contributed by atoms with Crippen LogP contribution in [0.2, 0.25) is 0 Å². The molecule has 0 amide bonds. The van der Waals surface area contributed by atoms with Crippen molar-refractivity contribution in [1.29, 1.82) is 0 Å². The van der Waals surface area contributed by atoms with E-state index in [0.717, 1.165) is 37.0 Å². The number of Topliss-reactive ketones (excluding diaryl/α,β-unsaturated/α-hetero) is 1. The third kappa shape index (κ3) is 2.46. The maximum Gasteiger partial charge on any atom is 0.136 e. The van der Waals surface area contributed by atoms with Crippen LogP contribution < -0.4 is 0 Å². The number of carbonyl (C=O) groups is 1. The van der Waals surface area contributed by atoms with Gasteiger partial charge in [0, 0.05) is 25.2 Å². The summed E-state index contributed by atoms with van der Waals surface area (Å²) in [6.45, 7) is 7.36. The lowest BCUT2D eigenvalue weighted by atomic mass is 9.45. The Labute approximate surface area is 169 Å². The second kappa shape index (κ2) is 6.40. The second-order valence-electron chi connectivity index (χ2n) is 10.2. The molecule has 28 heavy (non-hydrogen) atoms. The predicted molar refractivity (Wildman–Crippen MR) is 113 cm³/mol. The molecule has 1 aromatic heterocycles. The van der Waals surface area contributed by atoms with Gasteiger partial charge < -0.3 is 0 Å². The maximum absolute atomic E-state index is 12.2. The Hall–Kier alpha value is -1.70. The molecule has 2 saturated carbocycles. The fourth-order valence-corrected chi connectivity index (χ4v) is 7.57. The van der Waals surface area contributed by atoms with E-state index in [9.17, 15) is 4.79 Å². The van der Waals surface area contributed by atoms with Crippen LogP contribution in [0, 0.1) is 34.5 Å². The molecule has 0 bridgehead atoms. The summed E-state index contributed by atoms with van der Waals surface area (Å²) in [6.07, 6.45) is 16.6. The number of ketones is 1. The lowest BCUT2D eigenvalue weighted by Crippen LogP contribution is -2.52. The summed E-state index contributed by atoms with van der Waals surface area (Å²) in [5, 5.41) is 0. The molecule has 0 aliphatic heterocycles. The van der Waals surface area contributed by atoms with Crippen molar-refractivity contribution >= 4 is 11.4 Å². The first-order valence-corrected chi connectivity index (χ1v) is 11.3. The zero-order chi connectivity index (χ0) is 19.5. The highest BCUT2D eigenvalue weighted by atomic mass is 16.1. The van der Waals surface area contributed by atoms with Gasteiger partial charge in [-0.2, -0.15) is 0 Å². The molecule has 1 unspecified atom stereocenters. The molecule has 0 spiro atoms. The van der Waals surface area contributed by atoms with Crippen LogP contribution in [0.5, 0.6) is 0 Å². The minimum atomic E-state index is 0.253. The van der Waals surface area contributed by atoms with Crippen molar-refractivity contribution in [2.24, 2.45) is 34.5 Å². The molecule has 0 N–H and O–H groups in total. The minimum absolute atomic E-state index is 0.253. The SMILES string of the molecule is CCC1C=C2CC(=O)CC[C@]2(C)[C@H]2CC[C@]3(C)C(c4cccnc4)=CC[C@H]3[C@H]12. The number of fused-ring (bicyclic) bond motifs is 5. The van der Waals surface area contributed by atoms with E-state index in [2.05, 4.69) is 56.2 Å². The Bertz CT molecular complexity index is 852. The number of pyridine rings is 1. The Balaban J connectivity index is 1.54. The molecule has 2 nitrogen and oxygen atoms in total. The molecule has 0 radical (unpaired) electrons. The van der Waals surface area contributed by atoms with Gasteiger partial charge in [0.2, 0.25) is 0 Å². The highest BCUT2D eigenvalue weighted by Crippen LogP contribution is 2.67.